The van der Waals surface area contributed by atoms with E-state index in [2.05, 4.69) is 62.3 Å². The van der Waals surface area contributed by atoms with Crippen LogP contribution in [0, 0.1) is 20.8 Å². The average Bonchev–Trinajstić information content (AvgIpc) is 2.45. The van der Waals surface area contributed by atoms with Gasteiger partial charge in [0, 0.05) is 6.20 Å². The van der Waals surface area contributed by atoms with E-state index in [-0.39, 0.29) is 6.04 Å². The van der Waals surface area contributed by atoms with Gasteiger partial charge in [-0.05, 0) is 62.1 Å². The smallest absolute Gasteiger partial charge is 0.0756 e. The van der Waals surface area contributed by atoms with Gasteiger partial charge in [0.2, 0.25) is 0 Å². The predicted molar refractivity (Wildman–Crippen MR) is 85.0 cm³/mol. The number of rotatable bonds is 5. The largest absolute Gasteiger partial charge is 0.305 e. The molecular formula is C18H24N2. The molecule has 2 heteroatoms. The van der Waals surface area contributed by atoms with Gasteiger partial charge < -0.3 is 5.32 Å². The number of nitrogens with zero attached hydrogens (tertiary/aromatic N) is 1. The maximum atomic E-state index is 4.62. The summed E-state index contributed by atoms with van der Waals surface area (Å²) in [6.07, 6.45) is 3.00. The predicted octanol–water partition coefficient (Wildman–Crippen LogP) is 4.10. The molecule has 1 N–H and O–H groups in total. The lowest BCUT2D eigenvalue weighted by Gasteiger charge is -2.23. The zero-order valence-corrected chi connectivity index (χ0v) is 12.9. The van der Waals surface area contributed by atoms with Crippen LogP contribution in [0.1, 0.15) is 47.3 Å². The highest BCUT2D eigenvalue weighted by Crippen LogP contribution is 2.27. The number of pyridine rings is 1. The lowest BCUT2D eigenvalue weighted by Crippen LogP contribution is -2.25. The average molecular weight is 268 g/mol. The molecule has 0 amide bonds. The Hall–Kier alpha value is -1.67. The molecule has 1 unspecified atom stereocenters. The number of hydrogen-bond acceptors (Lipinski definition) is 2. The van der Waals surface area contributed by atoms with Gasteiger partial charge in [-0.1, -0.05) is 31.2 Å². The van der Waals surface area contributed by atoms with Gasteiger partial charge in [0.15, 0.2) is 0 Å². The summed E-state index contributed by atoms with van der Waals surface area (Å²) >= 11 is 0. The van der Waals surface area contributed by atoms with Crippen LogP contribution in [0.3, 0.4) is 0 Å². The third kappa shape index (κ3) is 3.07. The van der Waals surface area contributed by atoms with Crippen molar-refractivity contribution in [1.29, 1.82) is 0 Å². The first-order valence-electron chi connectivity index (χ1n) is 7.36. The lowest BCUT2D eigenvalue weighted by atomic mass is 9.93. The fraction of sp³-hybridized carbons (Fsp3) is 0.389. The number of nitrogens with one attached hydrogen (secondary N) is 1. The molecule has 0 fully saturated rings. The molecule has 0 saturated carbocycles. The standard InChI is InChI=1S/C18H24N2/c1-5-11-19-18(17-14(3)9-7-12-20-17)16-10-6-8-13(2)15(16)4/h6-10,12,18-19H,5,11H2,1-4H3. The molecule has 2 nitrogen and oxygen atoms in total. The first-order valence-corrected chi connectivity index (χ1v) is 7.36. The number of aromatic nitrogens is 1. The van der Waals surface area contributed by atoms with E-state index in [1.54, 1.807) is 0 Å². The van der Waals surface area contributed by atoms with Crippen molar-refractivity contribution in [2.45, 2.75) is 40.2 Å². The summed E-state index contributed by atoms with van der Waals surface area (Å²) in [6.45, 7) is 9.69. The van der Waals surface area contributed by atoms with Gasteiger partial charge in [-0.3, -0.25) is 4.98 Å². The van der Waals surface area contributed by atoms with Crippen molar-refractivity contribution in [3.05, 3.63) is 64.5 Å². The Morgan fingerprint density at radius 3 is 2.50 bits per heavy atom. The van der Waals surface area contributed by atoms with E-state index in [4.69, 9.17) is 0 Å². The van der Waals surface area contributed by atoms with Gasteiger partial charge in [-0.25, -0.2) is 0 Å². The number of benzene rings is 1. The third-order valence-corrected chi connectivity index (χ3v) is 3.88. The SMILES string of the molecule is CCCNC(c1cccc(C)c1C)c1ncccc1C. The van der Waals surface area contributed by atoms with E-state index in [1.807, 2.05) is 12.3 Å². The minimum Gasteiger partial charge on any atom is -0.305 e. The Bertz CT molecular complexity index is 575. The second-order valence-corrected chi connectivity index (χ2v) is 5.38. The molecule has 20 heavy (non-hydrogen) atoms. The van der Waals surface area contributed by atoms with E-state index >= 15 is 0 Å². The van der Waals surface area contributed by atoms with Crippen molar-refractivity contribution in [3.63, 3.8) is 0 Å². The van der Waals surface area contributed by atoms with E-state index in [0.29, 0.717) is 0 Å². The normalized spacial score (nSPS) is 12.4. The summed E-state index contributed by atoms with van der Waals surface area (Å²) in [6, 6.07) is 10.8. The molecule has 0 saturated heterocycles. The van der Waals surface area contributed by atoms with Crippen LogP contribution in [-0.4, -0.2) is 11.5 Å². The number of aryl methyl sites for hydroxylation is 2. The fourth-order valence-electron chi connectivity index (χ4n) is 2.53. The Morgan fingerprint density at radius 2 is 1.80 bits per heavy atom. The van der Waals surface area contributed by atoms with E-state index < -0.39 is 0 Å². The molecular weight excluding hydrogens is 244 g/mol. The molecule has 0 bridgehead atoms. The summed E-state index contributed by atoms with van der Waals surface area (Å²) in [5.41, 5.74) is 6.39. The van der Waals surface area contributed by atoms with Gasteiger partial charge in [0.1, 0.15) is 0 Å². The van der Waals surface area contributed by atoms with Crippen molar-refractivity contribution < 1.29 is 0 Å². The maximum Gasteiger partial charge on any atom is 0.0756 e. The summed E-state index contributed by atoms with van der Waals surface area (Å²) in [5.74, 6) is 0. The molecule has 1 atom stereocenters. The number of hydrogen-bond donors (Lipinski definition) is 1. The molecule has 2 rings (SSSR count). The molecule has 0 spiro atoms. The minimum absolute atomic E-state index is 0.177. The van der Waals surface area contributed by atoms with Crippen LogP contribution >= 0.6 is 0 Å². The summed E-state index contributed by atoms with van der Waals surface area (Å²) < 4.78 is 0. The molecule has 1 aromatic carbocycles. The van der Waals surface area contributed by atoms with Crippen LogP contribution in [0.4, 0.5) is 0 Å². The first kappa shape index (κ1) is 14.7. The van der Waals surface area contributed by atoms with Gasteiger partial charge >= 0.3 is 0 Å². The van der Waals surface area contributed by atoms with E-state index in [9.17, 15) is 0 Å². The summed E-state index contributed by atoms with van der Waals surface area (Å²) in [4.78, 5) is 4.62. The fourth-order valence-corrected chi connectivity index (χ4v) is 2.53. The van der Waals surface area contributed by atoms with Crippen molar-refractivity contribution in [2.75, 3.05) is 6.54 Å². The lowest BCUT2D eigenvalue weighted by molar-refractivity contribution is 0.581. The molecule has 0 aliphatic heterocycles. The molecule has 0 aliphatic carbocycles. The highest BCUT2D eigenvalue weighted by molar-refractivity contribution is 5.40. The molecule has 106 valence electrons. The molecule has 2 aromatic rings. The minimum atomic E-state index is 0.177. The van der Waals surface area contributed by atoms with E-state index in [1.165, 1.54) is 22.3 Å². The van der Waals surface area contributed by atoms with Gasteiger partial charge in [0.05, 0.1) is 11.7 Å². The Labute approximate surface area is 122 Å². The Kier molecular flexibility index (Phi) is 4.91. The van der Waals surface area contributed by atoms with E-state index in [0.717, 1.165) is 18.7 Å². The topological polar surface area (TPSA) is 24.9 Å². The zero-order chi connectivity index (χ0) is 14.5. The first-order chi connectivity index (χ1) is 9.65. The van der Waals surface area contributed by atoms with Crippen molar-refractivity contribution in [3.8, 4) is 0 Å². The van der Waals surface area contributed by atoms with Crippen LogP contribution in [0.2, 0.25) is 0 Å². The monoisotopic (exact) mass is 268 g/mol. The second kappa shape index (κ2) is 6.67. The van der Waals surface area contributed by atoms with Crippen LogP contribution in [0.15, 0.2) is 36.5 Å². The molecule has 0 aliphatic rings. The van der Waals surface area contributed by atoms with Crippen molar-refractivity contribution in [1.82, 2.24) is 10.3 Å². The molecule has 1 aromatic heterocycles. The van der Waals surface area contributed by atoms with Gasteiger partial charge in [-0.2, -0.15) is 0 Å². The highest BCUT2D eigenvalue weighted by atomic mass is 14.9. The molecule has 1 heterocycles. The van der Waals surface area contributed by atoms with Crippen LogP contribution in [0.25, 0.3) is 0 Å². The van der Waals surface area contributed by atoms with Gasteiger partial charge in [-0.15, -0.1) is 0 Å². The van der Waals surface area contributed by atoms with Crippen LogP contribution in [0.5, 0.6) is 0 Å². The third-order valence-electron chi connectivity index (χ3n) is 3.88. The molecule has 0 radical (unpaired) electrons. The second-order valence-electron chi connectivity index (χ2n) is 5.38. The highest BCUT2D eigenvalue weighted by Gasteiger charge is 2.18. The summed E-state index contributed by atoms with van der Waals surface area (Å²) in [7, 11) is 0. The summed E-state index contributed by atoms with van der Waals surface area (Å²) in [5, 5.41) is 3.65. The Morgan fingerprint density at radius 1 is 1.05 bits per heavy atom. The maximum absolute atomic E-state index is 4.62. The van der Waals surface area contributed by atoms with Gasteiger partial charge in [0.25, 0.3) is 0 Å². The Balaban J connectivity index is 2.47. The van der Waals surface area contributed by atoms with Crippen LogP contribution < -0.4 is 5.32 Å². The van der Waals surface area contributed by atoms with Crippen molar-refractivity contribution >= 4 is 0 Å². The zero-order valence-electron chi connectivity index (χ0n) is 12.9. The van der Waals surface area contributed by atoms with Crippen molar-refractivity contribution in [2.24, 2.45) is 0 Å². The van der Waals surface area contributed by atoms with Crippen LogP contribution in [-0.2, 0) is 0 Å². The quantitative estimate of drug-likeness (QED) is 0.883.